The molecular weight excluding hydrogens is 246 g/mol. The zero-order chi connectivity index (χ0) is 13.8. The molecule has 0 unspecified atom stereocenters. The van der Waals surface area contributed by atoms with Crippen LogP contribution in [0.5, 0.6) is 11.5 Å². The lowest BCUT2D eigenvalue weighted by Gasteiger charge is -2.10. The van der Waals surface area contributed by atoms with Crippen LogP contribution in [0.2, 0.25) is 0 Å². The molecule has 5 nitrogen and oxygen atoms in total. The number of aryl methyl sites for hydroxylation is 1. The van der Waals surface area contributed by atoms with E-state index < -0.39 is 4.92 Å². The second-order valence-corrected chi connectivity index (χ2v) is 4.13. The highest BCUT2D eigenvalue weighted by molar-refractivity contribution is 5.45. The molecule has 0 saturated heterocycles. The lowest BCUT2D eigenvalue weighted by atomic mass is 10.2. The summed E-state index contributed by atoms with van der Waals surface area (Å²) in [4.78, 5) is 10.2. The largest absolute Gasteiger partial charge is 0.457 e. The number of aliphatic hydroxyl groups excluding tert-OH is 1. The molecule has 2 rings (SSSR count). The van der Waals surface area contributed by atoms with Gasteiger partial charge in [0.2, 0.25) is 0 Å². The highest BCUT2D eigenvalue weighted by Gasteiger charge is 2.11. The van der Waals surface area contributed by atoms with Crippen molar-refractivity contribution in [3.05, 3.63) is 63.7 Å². The van der Waals surface area contributed by atoms with Crippen molar-refractivity contribution in [3.63, 3.8) is 0 Å². The van der Waals surface area contributed by atoms with Crippen LogP contribution in [0.4, 0.5) is 5.69 Å². The normalized spacial score (nSPS) is 10.2. The number of non-ortho nitro benzene ring substituents is 1. The number of rotatable bonds is 4. The highest BCUT2D eigenvalue weighted by Crippen LogP contribution is 2.29. The molecule has 1 N–H and O–H groups in total. The number of nitro groups is 1. The Kier molecular flexibility index (Phi) is 3.77. The number of nitrogens with zero attached hydrogens (tertiary/aromatic N) is 1. The molecule has 98 valence electrons. The number of nitro benzene ring substituents is 1. The number of aliphatic hydroxyl groups is 1. The van der Waals surface area contributed by atoms with Crippen molar-refractivity contribution in [2.75, 3.05) is 0 Å². The Morgan fingerprint density at radius 2 is 2.05 bits per heavy atom. The Bertz CT molecular complexity index is 610. The van der Waals surface area contributed by atoms with Crippen LogP contribution in [0, 0.1) is 17.0 Å². The zero-order valence-corrected chi connectivity index (χ0v) is 10.4. The fraction of sp³-hybridized carbons (Fsp3) is 0.143. The van der Waals surface area contributed by atoms with Crippen molar-refractivity contribution in [3.8, 4) is 11.5 Å². The van der Waals surface area contributed by atoms with Gasteiger partial charge in [-0.15, -0.1) is 0 Å². The summed E-state index contributed by atoms with van der Waals surface area (Å²) in [5.74, 6) is 1.04. The Hall–Kier alpha value is -2.40. The second kappa shape index (κ2) is 5.49. The van der Waals surface area contributed by atoms with Crippen molar-refractivity contribution >= 4 is 5.69 Å². The fourth-order valence-electron chi connectivity index (χ4n) is 1.71. The van der Waals surface area contributed by atoms with Crippen LogP contribution in [-0.4, -0.2) is 10.0 Å². The topological polar surface area (TPSA) is 72.6 Å². The second-order valence-electron chi connectivity index (χ2n) is 4.13. The molecule has 0 saturated carbocycles. The first-order valence-electron chi connectivity index (χ1n) is 5.73. The summed E-state index contributed by atoms with van der Waals surface area (Å²) < 4.78 is 5.63. The average Bonchev–Trinajstić information content (AvgIpc) is 2.39. The van der Waals surface area contributed by atoms with Crippen molar-refractivity contribution in [2.45, 2.75) is 13.5 Å². The van der Waals surface area contributed by atoms with Crippen molar-refractivity contribution in [1.29, 1.82) is 0 Å². The van der Waals surface area contributed by atoms with Gasteiger partial charge in [-0.05, 0) is 30.7 Å². The van der Waals surface area contributed by atoms with E-state index in [0.717, 1.165) is 5.56 Å². The summed E-state index contributed by atoms with van der Waals surface area (Å²) in [7, 11) is 0. The first-order valence-corrected chi connectivity index (χ1v) is 5.73. The molecule has 0 atom stereocenters. The van der Waals surface area contributed by atoms with Crippen molar-refractivity contribution < 1.29 is 14.8 Å². The van der Waals surface area contributed by atoms with Gasteiger partial charge in [0.15, 0.2) is 0 Å². The predicted octanol–water partition coefficient (Wildman–Crippen LogP) is 3.19. The van der Waals surface area contributed by atoms with Crippen LogP contribution in [-0.2, 0) is 6.61 Å². The van der Waals surface area contributed by atoms with E-state index in [1.807, 2.05) is 25.1 Å². The van der Waals surface area contributed by atoms with Crippen molar-refractivity contribution in [2.24, 2.45) is 0 Å². The standard InChI is InChI=1S/C14H13NO4/c1-10-3-2-4-13(7-10)19-14-6-5-12(15(17)18)8-11(14)9-16/h2-8,16H,9H2,1H3. The van der Waals surface area contributed by atoms with Gasteiger partial charge in [-0.1, -0.05) is 12.1 Å². The van der Waals surface area contributed by atoms with Crippen LogP contribution in [0.3, 0.4) is 0 Å². The highest BCUT2D eigenvalue weighted by atomic mass is 16.6. The fourth-order valence-corrected chi connectivity index (χ4v) is 1.71. The van der Waals surface area contributed by atoms with E-state index in [1.165, 1.54) is 18.2 Å². The molecule has 19 heavy (non-hydrogen) atoms. The van der Waals surface area contributed by atoms with E-state index in [2.05, 4.69) is 0 Å². The van der Waals surface area contributed by atoms with E-state index in [9.17, 15) is 15.2 Å². The Morgan fingerprint density at radius 1 is 1.26 bits per heavy atom. The van der Waals surface area contributed by atoms with Gasteiger partial charge in [-0.2, -0.15) is 0 Å². The monoisotopic (exact) mass is 259 g/mol. The van der Waals surface area contributed by atoms with Crippen LogP contribution in [0.15, 0.2) is 42.5 Å². The molecule has 2 aromatic carbocycles. The summed E-state index contributed by atoms with van der Waals surface area (Å²) in [6, 6.07) is 11.6. The number of ether oxygens (including phenoxy) is 1. The van der Waals surface area contributed by atoms with Gasteiger partial charge in [-0.3, -0.25) is 10.1 Å². The van der Waals surface area contributed by atoms with Gasteiger partial charge < -0.3 is 9.84 Å². The predicted molar refractivity (Wildman–Crippen MR) is 70.3 cm³/mol. The van der Waals surface area contributed by atoms with E-state index in [1.54, 1.807) is 6.07 Å². The summed E-state index contributed by atoms with van der Waals surface area (Å²) in [5, 5.41) is 19.9. The summed E-state index contributed by atoms with van der Waals surface area (Å²) >= 11 is 0. The third kappa shape index (κ3) is 3.08. The molecule has 0 spiro atoms. The molecule has 0 heterocycles. The molecule has 0 bridgehead atoms. The molecular formula is C14H13NO4. The smallest absolute Gasteiger partial charge is 0.270 e. The van der Waals surface area contributed by atoms with E-state index in [0.29, 0.717) is 17.1 Å². The lowest BCUT2D eigenvalue weighted by Crippen LogP contribution is -1.95. The Morgan fingerprint density at radius 3 is 2.68 bits per heavy atom. The van der Waals surface area contributed by atoms with Gasteiger partial charge in [-0.25, -0.2) is 0 Å². The zero-order valence-electron chi connectivity index (χ0n) is 10.4. The SMILES string of the molecule is Cc1cccc(Oc2ccc([N+](=O)[O-])cc2CO)c1. The lowest BCUT2D eigenvalue weighted by molar-refractivity contribution is -0.385. The third-order valence-corrected chi connectivity index (χ3v) is 2.64. The van der Waals surface area contributed by atoms with Crippen LogP contribution >= 0.6 is 0 Å². The minimum Gasteiger partial charge on any atom is -0.457 e. The quantitative estimate of drug-likeness (QED) is 0.676. The van der Waals surface area contributed by atoms with E-state index in [4.69, 9.17) is 4.74 Å². The third-order valence-electron chi connectivity index (χ3n) is 2.64. The maximum atomic E-state index is 10.7. The minimum atomic E-state index is -0.504. The maximum Gasteiger partial charge on any atom is 0.270 e. The number of hydrogen-bond acceptors (Lipinski definition) is 4. The van der Waals surface area contributed by atoms with Gasteiger partial charge in [0, 0.05) is 17.7 Å². The van der Waals surface area contributed by atoms with Crippen LogP contribution in [0.25, 0.3) is 0 Å². The molecule has 0 aromatic heterocycles. The van der Waals surface area contributed by atoms with Gasteiger partial charge in [0.05, 0.1) is 11.5 Å². The van der Waals surface area contributed by atoms with Gasteiger partial charge in [0.25, 0.3) is 5.69 Å². The number of hydrogen-bond donors (Lipinski definition) is 1. The molecule has 0 aliphatic carbocycles. The first kappa shape index (κ1) is 13.0. The molecule has 0 aliphatic rings. The number of benzene rings is 2. The van der Waals surface area contributed by atoms with Gasteiger partial charge in [0.1, 0.15) is 11.5 Å². The maximum absolute atomic E-state index is 10.7. The van der Waals surface area contributed by atoms with Crippen LogP contribution in [0.1, 0.15) is 11.1 Å². The van der Waals surface area contributed by atoms with E-state index >= 15 is 0 Å². The summed E-state index contributed by atoms with van der Waals surface area (Å²) in [6.45, 7) is 1.62. The molecule has 5 heteroatoms. The summed E-state index contributed by atoms with van der Waals surface area (Å²) in [5.41, 5.74) is 1.36. The molecule has 0 fully saturated rings. The molecule has 0 radical (unpaired) electrons. The van der Waals surface area contributed by atoms with Gasteiger partial charge >= 0.3 is 0 Å². The van der Waals surface area contributed by atoms with Crippen LogP contribution < -0.4 is 4.74 Å². The minimum absolute atomic E-state index is 0.0688. The Labute approximate surface area is 110 Å². The summed E-state index contributed by atoms with van der Waals surface area (Å²) in [6.07, 6.45) is 0. The Balaban J connectivity index is 2.32. The molecule has 2 aromatic rings. The first-order chi connectivity index (χ1) is 9.10. The average molecular weight is 259 g/mol. The van der Waals surface area contributed by atoms with Crippen molar-refractivity contribution in [1.82, 2.24) is 0 Å². The molecule has 0 amide bonds. The molecule has 0 aliphatic heterocycles. The van der Waals surface area contributed by atoms with E-state index in [-0.39, 0.29) is 12.3 Å².